The molecule has 2 aliphatic carbocycles. The van der Waals surface area contributed by atoms with Crippen molar-refractivity contribution in [3.8, 4) is 0 Å². The predicted octanol–water partition coefficient (Wildman–Crippen LogP) is 4.41. The molecule has 0 heterocycles. The van der Waals surface area contributed by atoms with E-state index in [0.717, 1.165) is 23.3 Å². The predicted molar refractivity (Wildman–Crippen MR) is 112 cm³/mol. The molecule has 128 valence electrons. The maximum Gasteiger partial charge on any atom is 0.107 e. The van der Waals surface area contributed by atoms with Gasteiger partial charge in [-0.3, -0.25) is 0 Å². The van der Waals surface area contributed by atoms with Gasteiger partial charge in [-0.15, -0.1) is 0 Å². The van der Waals surface area contributed by atoms with Gasteiger partial charge in [0.05, 0.1) is 0 Å². The number of fused-ring (bicyclic) bond motifs is 1. The Hall–Kier alpha value is -1.86. The van der Waals surface area contributed by atoms with Crippen molar-refractivity contribution < 1.29 is 0 Å². The summed E-state index contributed by atoms with van der Waals surface area (Å²) in [5, 5.41) is 3.21. The number of hydrogen-bond donors (Lipinski definition) is 0. The van der Waals surface area contributed by atoms with Crippen molar-refractivity contribution in [2.75, 3.05) is 0 Å². The first-order valence-electron chi connectivity index (χ1n) is 9.61. The van der Waals surface area contributed by atoms with Crippen LogP contribution in [0.4, 0.5) is 0 Å². The lowest BCUT2D eigenvalue weighted by atomic mass is 9.92. The number of rotatable bonds is 3. The van der Waals surface area contributed by atoms with Gasteiger partial charge >= 0.3 is 0 Å². The molecular weight excluding hydrogens is 316 g/mol. The van der Waals surface area contributed by atoms with Crippen molar-refractivity contribution in [3.63, 3.8) is 0 Å². The molecule has 25 heavy (non-hydrogen) atoms. The maximum absolute atomic E-state index is 2.50. The van der Waals surface area contributed by atoms with Crippen molar-refractivity contribution in [3.05, 3.63) is 84.0 Å². The molecule has 1 fully saturated rings. The highest BCUT2D eigenvalue weighted by Crippen LogP contribution is 2.49. The molecule has 2 aromatic rings. The van der Waals surface area contributed by atoms with Gasteiger partial charge in [-0.05, 0) is 43.6 Å². The van der Waals surface area contributed by atoms with Gasteiger partial charge in [0.15, 0.2) is 0 Å². The van der Waals surface area contributed by atoms with E-state index in [0.29, 0.717) is 0 Å². The zero-order valence-electron chi connectivity index (χ0n) is 15.5. The number of aryl methyl sites for hydroxylation is 2. The minimum absolute atomic E-state index is 0.722. The Morgan fingerprint density at radius 3 is 1.84 bits per heavy atom. The standard InChI is InChI=1S/C24H28Si/c1-17-8-12-21(13-9-17)25(22-14-10-18(2)11-15-22)24-19(3)16-20-6-4-5-7-23(20)24/h4-15,19-20,23-25H,16H2,1-3H3. The van der Waals surface area contributed by atoms with Crippen LogP contribution in [-0.2, 0) is 0 Å². The third-order valence-corrected chi connectivity index (χ3v) is 10.4. The Bertz CT molecular complexity index is 736. The second-order valence-electron chi connectivity index (χ2n) is 8.10. The van der Waals surface area contributed by atoms with E-state index in [-0.39, 0.29) is 0 Å². The van der Waals surface area contributed by atoms with Crippen molar-refractivity contribution >= 4 is 19.2 Å². The summed E-state index contributed by atoms with van der Waals surface area (Å²) in [5.41, 5.74) is 3.52. The molecule has 0 aromatic heterocycles. The van der Waals surface area contributed by atoms with Gasteiger partial charge in [0.2, 0.25) is 0 Å². The highest BCUT2D eigenvalue weighted by molar-refractivity contribution is 6.86. The lowest BCUT2D eigenvalue weighted by Gasteiger charge is -2.32. The van der Waals surface area contributed by atoms with Crippen molar-refractivity contribution in [1.29, 1.82) is 0 Å². The van der Waals surface area contributed by atoms with Gasteiger partial charge in [0.25, 0.3) is 0 Å². The summed E-state index contributed by atoms with van der Waals surface area (Å²) in [6.07, 6.45) is 10.8. The Morgan fingerprint density at radius 1 is 0.760 bits per heavy atom. The Labute approximate surface area is 153 Å². The van der Waals surface area contributed by atoms with Crippen molar-refractivity contribution in [1.82, 2.24) is 0 Å². The van der Waals surface area contributed by atoms with Crippen molar-refractivity contribution in [2.24, 2.45) is 17.8 Å². The SMILES string of the molecule is Cc1ccc([SiH](c2ccc(C)cc2)C2C(C)CC3C=CC=CC32)cc1. The molecule has 0 nitrogen and oxygen atoms in total. The van der Waals surface area contributed by atoms with Crippen LogP contribution in [0, 0.1) is 31.6 Å². The van der Waals surface area contributed by atoms with Crippen LogP contribution in [0.15, 0.2) is 72.8 Å². The monoisotopic (exact) mass is 344 g/mol. The molecule has 0 amide bonds. The van der Waals surface area contributed by atoms with Crippen LogP contribution in [0.3, 0.4) is 0 Å². The first-order valence-corrected chi connectivity index (χ1v) is 11.4. The molecule has 0 aliphatic heterocycles. The van der Waals surface area contributed by atoms with Crippen LogP contribution in [0.25, 0.3) is 0 Å². The van der Waals surface area contributed by atoms with Crippen LogP contribution in [0.5, 0.6) is 0 Å². The fourth-order valence-electron chi connectivity index (χ4n) is 5.02. The fraction of sp³-hybridized carbons (Fsp3) is 0.333. The maximum atomic E-state index is 2.50. The number of benzene rings is 2. The minimum atomic E-state index is -1.28. The van der Waals surface area contributed by atoms with Crippen molar-refractivity contribution in [2.45, 2.75) is 32.7 Å². The summed E-state index contributed by atoms with van der Waals surface area (Å²) in [7, 11) is -1.28. The molecule has 4 rings (SSSR count). The highest BCUT2D eigenvalue weighted by Gasteiger charge is 2.44. The zero-order chi connectivity index (χ0) is 17.4. The van der Waals surface area contributed by atoms with E-state index in [1.54, 1.807) is 10.4 Å². The van der Waals surface area contributed by atoms with Gasteiger partial charge in [0, 0.05) is 0 Å². The third-order valence-electron chi connectivity index (χ3n) is 6.30. The lowest BCUT2D eigenvalue weighted by Crippen LogP contribution is -2.48. The van der Waals surface area contributed by atoms with E-state index in [2.05, 4.69) is 93.6 Å². The topological polar surface area (TPSA) is 0 Å². The molecule has 0 bridgehead atoms. The zero-order valence-corrected chi connectivity index (χ0v) is 16.7. The highest BCUT2D eigenvalue weighted by atomic mass is 28.3. The third kappa shape index (κ3) is 3.18. The summed E-state index contributed by atoms with van der Waals surface area (Å²) >= 11 is 0. The lowest BCUT2D eigenvalue weighted by molar-refractivity contribution is 0.549. The van der Waals surface area contributed by atoms with Crippen LogP contribution in [0.2, 0.25) is 5.54 Å². The molecule has 0 saturated heterocycles. The molecule has 1 heteroatoms. The molecule has 0 radical (unpaired) electrons. The van der Waals surface area contributed by atoms with Crippen LogP contribution in [0.1, 0.15) is 24.5 Å². The Balaban J connectivity index is 1.79. The van der Waals surface area contributed by atoms with Crippen LogP contribution < -0.4 is 10.4 Å². The second kappa shape index (κ2) is 6.80. The molecule has 2 aromatic carbocycles. The first kappa shape index (κ1) is 16.6. The minimum Gasteiger partial charge on any atom is -0.0808 e. The summed E-state index contributed by atoms with van der Waals surface area (Å²) in [4.78, 5) is 0. The average Bonchev–Trinajstić information content (AvgIpc) is 2.95. The summed E-state index contributed by atoms with van der Waals surface area (Å²) in [5.74, 6) is 2.26. The van der Waals surface area contributed by atoms with Crippen LogP contribution in [-0.4, -0.2) is 8.80 Å². The quantitative estimate of drug-likeness (QED) is 0.723. The summed E-state index contributed by atoms with van der Waals surface area (Å²) in [6, 6.07) is 18.9. The smallest absolute Gasteiger partial charge is 0.0808 e. The van der Waals surface area contributed by atoms with E-state index in [1.165, 1.54) is 17.5 Å². The summed E-state index contributed by atoms with van der Waals surface area (Å²) < 4.78 is 0. The first-order chi connectivity index (χ1) is 12.1. The molecule has 4 unspecified atom stereocenters. The number of allylic oxidation sites excluding steroid dienone is 4. The number of hydrogen-bond acceptors (Lipinski definition) is 0. The van der Waals surface area contributed by atoms with Gasteiger partial charge in [-0.1, -0.05) is 101 Å². The van der Waals surface area contributed by atoms with Gasteiger partial charge in [0.1, 0.15) is 8.80 Å². The van der Waals surface area contributed by atoms with E-state index < -0.39 is 8.80 Å². The molecule has 4 atom stereocenters. The Kier molecular flexibility index (Phi) is 4.51. The van der Waals surface area contributed by atoms with E-state index in [4.69, 9.17) is 0 Å². The molecule has 0 spiro atoms. The fourth-order valence-corrected chi connectivity index (χ4v) is 9.18. The normalized spacial score (nSPS) is 27.7. The summed E-state index contributed by atoms with van der Waals surface area (Å²) in [6.45, 7) is 6.87. The van der Waals surface area contributed by atoms with Crippen LogP contribution >= 0.6 is 0 Å². The second-order valence-corrected chi connectivity index (χ2v) is 11.2. The van der Waals surface area contributed by atoms with Gasteiger partial charge in [-0.2, -0.15) is 0 Å². The van der Waals surface area contributed by atoms with E-state index in [1.807, 2.05) is 0 Å². The molecular formula is C24H28Si. The van der Waals surface area contributed by atoms with E-state index >= 15 is 0 Å². The molecule has 0 N–H and O–H groups in total. The van der Waals surface area contributed by atoms with E-state index in [9.17, 15) is 0 Å². The van der Waals surface area contributed by atoms with Gasteiger partial charge in [-0.25, -0.2) is 0 Å². The molecule has 1 saturated carbocycles. The average molecular weight is 345 g/mol. The molecule has 2 aliphatic rings. The Morgan fingerprint density at radius 2 is 1.28 bits per heavy atom. The largest absolute Gasteiger partial charge is 0.107 e. The van der Waals surface area contributed by atoms with Gasteiger partial charge < -0.3 is 0 Å².